The molecule has 0 aliphatic heterocycles. The molecule has 1 heterocycles. The molecule has 1 aromatic heterocycles. The number of hydrogen-bond acceptors (Lipinski definition) is 5. The molecule has 0 bridgehead atoms. The largest absolute Gasteiger partial charge is 0.461 e. The highest BCUT2D eigenvalue weighted by Gasteiger charge is 2.27. The number of aromatic nitrogens is 1. The summed E-state index contributed by atoms with van der Waals surface area (Å²) in [6.07, 6.45) is 3.04. The number of esters is 1. The topological polar surface area (TPSA) is 51.2 Å². The molecule has 0 fully saturated rings. The van der Waals surface area contributed by atoms with E-state index in [0.29, 0.717) is 12.3 Å². The van der Waals surface area contributed by atoms with Crippen molar-refractivity contribution in [1.82, 2.24) is 4.98 Å². The molecule has 0 aromatic carbocycles. The number of carbonyl (C=O) groups excluding carboxylic acids is 1. The molecule has 0 saturated heterocycles. The number of ether oxygens (including phenoxy) is 1. The second kappa shape index (κ2) is 6.73. The van der Waals surface area contributed by atoms with Crippen molar-refractivity contribution in [3.05, 3.63) is 11.2 Å². The number of thiazole rings is 1. The van der Waals surface area contributed by atoms with Gasteiger partial charge >= 0.3 is 5.97 Å². The van der Waals surface area contributed by atoms with Crippen LogP contribution in [-0.2, 0) is 4.74 Å². The van der Waals surface area contributed by atoms with Gasteiger partial charge in [0.05, 0.1) is 12.1 Å². The zero-order valence-electron chi connectivity index (χ0n) is 11.6. The van der Waals surface area contributed by atoms with E-state index in [9.17, 15) is 4.79 Å². The molecular weight excluding hydrogens is 248 g/mol. The molecule has 102 valence electrons. The van der Waals surface area contributed by atoms with Gasteiger partial charge in [0, 0.05) is 5.54 Å². The molecule has 1 N–H and O–H groups in total. The average Bonchev–Trinajstić information content (AvgIpc) is 2.84. The molecule has 0 radical (unpaired) electrons. The first-order chi connectivity index (χ1) is 8.62. The molecule has 0 unspecified atom stereocenters. The third-order valence-corrected chi connectivity index (χ3v) is 4.19. The molecule has 1 rings (SSSR count). The number of hydrogen-bond donors (Lipinski definition) is 1. The van der Waals surface area contributed by atoms with E-state index in [0.717, 1.165) is 24.3 Å². The quantitative estimate of drug-likeness (QED) is 0.768. The summed E-state index contributed by atoms with van der Waals surface area (Å²) in [5.74, 6) is -0.349. The minimum atomic E-state index is -0.349. The summed E-state index contributed by atoms with van der Waals surface area (Å²) in [4.78, 5) is 15.9. The zero-order chi connectivity index (χ0) is 13.6. The third-order valence-electron chi connectivity index (χ3n) is 3.45. The normalized spacial score (nSPS) is 11.3. The lowest BCUT2D eigenvalue weighted by Gasteiger charge is -2.32. The maximum absolute atomic E-state index is 11.8. The first-order valence-corrected chi connectivity index (χ1v) is 7.39. The number of nitrogens with one attached hydrogen (secondary N) is 1. The van der Waals surface area contributed by atoms with E-state index in [2.05, 4.69) is 31.1 Å². The van der Waals surface area contributed by atoms with E-state index < -0.39 is 0 Å². The maximum atomic E-state index is 11.8. The van der Waals surface area contributed by atoms with Gasteiger partial charge in [-0.05, 0) is 26.2 Å². The molecule has 1 aromatic rings. The number of rotatable bonds is 7. The highest BCUT2D eigenvalue weighted by Crippen LogP contribution is 2.30. The third kappa shape index (κ3) is 3.22. The van der Waals surface area contributed by atoms with Crippen molar-refractivity contribution in [3.8, 4) is 0 Å². The van der Waals surface area contributed by atoms with Gasteiger partial charge in [-0.1, -0.05) is 20.8 Å². The lowest BCUT2D eigenvalue weighted by atomic mass is 9.90. The van der Waals surface area contributed by atoms with E-state index in [1.54, 1.807) is 12.4 Å². The number of nitrogens with zero attached hydrogens (tertiary/aromatic N) is 1. The van der Waals surface area contributed by atoms with Gasteiger partial charge < -0.3 is 10.1 Å². The molecule has 0 amide bonds. The van der Waals surface area contributed by atoms with Crippen LogP contribution in [0.25, 0.3) is 0 Å². The molecule has 0 aliphatic rings. The summed E-state index contributed by atoms with van der Waals surface area (Å²) in [6.45, 7) is 8.64. The molecule has 4 nitrogen and oxygen atoms in total. The molecule has 18 heavy (non-hydrogen) atoms. The fourth-order valence-corrected chi connectivity index (χ4v) is 2.72. The summed E-state index contributed by atoms with van der Waals surface area (Å²) in [6, 6.07) is 0. The SMILES string of the molecule is CCOC(=O)c1ncsc1NC(CC)(CC)CC. The van der Waals surface area contributed by atoms with E-state index >= 15 is 0 Å². The Hall–Kier alpha value is -1.10. The van der Waals surface area contributed by atoms with E-state index in [1.165, 1.54) is 11.3 Å². The minimum absolute atomic E-state index is 0.0355. The first kappa shape index (κ1) is 15.0. The molecule has 0 saturated carbocycles. The molecular formula is C13H22N2O2S. The predicted molar refractivity (Wildman–Crippen MR) is 75.3 cm³/mol. The Morgan fingerprint density at radius 1 is 1.33 bits per heavy atom. The highest BCUT2D eigenvalue weighted by atomic mass is 32.1. The van der Waals surface area contributed by atoms with Crippen LogP contribution in [0.3, 0.4) is 0 Å². The van der Waals surface area contributed by atoms with Gasteiger partial charge in [-0.2, -0.15) is 0 Å². The first-order valence-electron chi connectivity index (χ1n) is 6.51. The molecule has 0 spiro atoms. The Labute approximate surface area is 113 Å². The molecule has 5 heteroatoms. The average molecular weight is 270 g/mol. The van der Waals surface area contributed by atoms with Crippen LogP contribution >= 0.6 is 11.3 Å². The monoisotopic (exact) mass is 270 g/mol. The van der Waals surface area contributed by atoms with Crippen LogP contribution in [0.4, 0.5) is 5.00 Å². The minimum Gasteiger partial charge on any atom is -0.461 e. The van der Waals surface area contributed by atoms with Crippen molar-refractivity contribution in [2.45, 2.75) is 52.5 Å². The van der Waals surface area contributed by atoms with Crippen LogP contribution in [0.1, 0.15) is 57.4 Å². The van der Waals surface area contributed by atoms with Gasteiger partial charge in [0.25, 0.3) is 0 Å². The summed E-state index contributed by atoms with van der Waals surface area (Å²) >= 11 is 1.45. The fourth-order valence-electron chi connectivity index (χ4n) is 1.94. The summed E-state index contributed by atoms with van der Waals surface area (Å²) in [5, 5.41) is 4.30. The van der Waals surface area contributed by atoms with Crippen molar-refractivity contribution in [2.75, 3.05) is 11.9 Å². The second-order valence-corrected chi connectivity index (χ2v) is 5.07. The van der Waals surface area contributed by atoms with Crippen molar-refractivity contribution in [1.29, 1.82) is 0 Å². The number of carbonyl (C=O) groups is 1. The van der Waals surface area contributed by atoms with Crippen LogP contribution in [0.2, 0.25) is 0 Å². The van der Waals surface area contributed by atoms with E-state index in [1.807, 2.05) is 0 Å². The number of anilines is 1. The summed E-state index contributed by atoms with van der Waals surface area (Å²) in [5.41, 5.74) is 2.12. The van der Waals surface area contributed by atoms with Gasteiger partial charge in [-0.25, -0.2) is 9.78 Å². The standard InChI is InChI=1S/C13H22N2O2S/c1-5-13(6-2,7-3)15-11-10(14-9-18-11)12(16)17-8-4/h9,15H,5-8H2,1-4H3. The van der Waals surface area contributed by atoms with Crippen molar-refractivity contribution < 1.29 is 9.53 Å². The Morgan fingerprint density at radius 3 is 2.44 bits per heavy atom. The summed E-state index contributed by atoms with van der Waals surface area (Å²) in [7, 11) is 0. The predicted octanol–water partition coefficient (Wildman–Crippen LogP) is 3.70. The lowest BCUT2D eigenvalue weighted by Crippen LogP contribution is -2.36. The second-order valence-electron chi connectivity index (χ2n) is 4.22. The van der Waals surface area contributed by atoms with Crippen molar-refractivity contribution in [3.63, 3.8) is 0 Å². The summed E-state index contributed by atoms with van der Waals surface area (Å²) < 4.78 is 5.01. The maximum Gasteiger partial charge on any atom is 0.360 e. The highest BCUT2D eigenvalue weighted by molar-refractivity contribution is 7.14. The van der Waals surface area contributed by atoms with Crippen molar-refractivity contribution in [2.24, 2.45) is 0 Å². The fraction of sp³-hybridized carbons (Fsp3) is 0.692. The Morgan fingerprint density at radius 2 is 1.94 bits per heavy atom. The van der Waals surface area contributed by atoms with E-state index in [-0.39, 0.29) is 11.5 Å². The van der Waals surface area contributed by atoms with Crippen LogP contribution in [-0.4, -0.2) is 23.1 Å². The van der Waals surface area contributed by atoms with Gasteiger partial charge in [0.2, 0.25) is 0 Å². The van der Waals surface area contributed by atoms with Crippen LogP contribution in [0.5, 0.6) is 0 Å². The van der Waals surface area contributed by atoms with Crippen LogP contribution in [0, 0.1) is 0 Å². The van der Waals surface area contributed by atoms with E-state index in [4.69, 9.17) is 4.74 Å². The van der Waals surface area contributed by atoms with Gasteiger partial charge in [0.15, 0.2) is 5.69 Å². The molecule has 0 atom stereocenters. The Kier molecular flexibility index (Phi) is 5.59. The Bertz CT molecular complexity index is 378. The zero-order valence-corrected chi connectivity index (χ0v) is 12.4. The van der Waals surface area contributed by atoms with Gasteiger partial charge in [0.1, 0.15) is 5.00 Å². The van der Waals surface area contributed by atoms with Gasteiger partial charge in [-0.15, -0.1) is 11.3 Å². The smallest absolute Gasteiger partial charge is 0.360 e. The van der Waals surface area contributed by atoms with Crippen LogP contribution < -0.4 is 5.32 Å². The van der Waals surface area contributed by atoms with Crippen LogP contribution in [0.15, 0.2) is 5.51 Å². The molecule has 0 aliphatic carbocycles. The van der Waals surface area contributed by atoms with Crippen molar-refractivity contribution >= 4 is 22.3 Å². The van der Waals surface area contributed by atoms with Gasteiger partial charge in [-0.3, -0.25) is 0 Å². The lowest BCUT2D eigenvalue weighted by molar-refractivity contribution is 0.0521. The Balaban J connectivity index is 2.91.